The first-order chi connectivity index (χ1) is 14.0. The molecule has 4 rings (SSSR count). The van der Waals surface area contributed by atoms with Crippen molar-refractivity contribution in [3.8, 4) is 34.1 Å². The summed E-state index contributed by atoms with van der Waals surface area (Å²) in [5.74, 6) is 0.400. The van der Waals surface area contributed by atoms with Crippen LogP contribution in [-0.4, -0.2) is 20.2 Å². The van der Waals surface area contributed by atoms with Gasteiger partial charge in [-0.3, -0.25) is 0 Å². The lowest BCUT2D eigenvalue weighted by atomic mass is 10.0. The number of benzene rings is 2. The van der Waals surface area contributed by atoms with Gasteiger partial charge < -0.3 is 15.9 Å². The van der Waals surface area contributed by atoms with Gasteiger partial charge in [0.05, 0.1) is 10.0 Å². The van der Waals surface area contributed by atoms with Crippen LogP contribution in [0.2, 0.25) is 10.0 Å². The Labute approximate surface area is 176 Å². The lowest BCUT2D eigenvalue weighted by molar-refractivity contribution is 0.566. The van der Waals surface area contributed by atoms with Crippen molar-refractivity contribution in [2.45, 2.75) is 13.0 Å². The van der Waals surface area contributed by atoms with Crippen molar-refractivity contribution in [3.63, 3.8) is 0 Å². The first kappa shape index (κ1) is 19.3. The summed E-state index contributed by atoms with van der Waals surface area (Å²) in [6, 6.07) is 12.7. The summed E-state index contributed by atoms with van der Waals surface area (Å²) >= 11 is 12.5. The molecule has 0 saturated heterocycles. The molecule has 0 radical (unpaired) electrons. The normalized spacial score (nSPS) is 12.1. The van der Waals surface area contributed by atoms with Gasteiger partial charge in [-0.25, -0.2) is 9.97 Å². The van der Waals surface area contributed by atoms with Gasteiger partial charge in [-0.05, 0) is 24.6 Å². The quantitative estimate of drug-likeness (QED) is 0.482. The summed E-state index contributed by atoms with van der Waals surface area (Å²) in [5, 5.41) is 8.46. The second kappa shape index (κ2) is 7.79. The molecular weight excluding hydrogens is 411 g/mol. The number of halogens is 2. The summed E-state index contributed by atoms with van der Waals surface area (Å²) in [5.41, 5.74) is 15.8. The van der Waals surface area contributed by atoms with E-state index in [1.54, 1.807) is 18.2 Å². The predicted octanol–water partition coefficient (Wildman–Crippen LogP) is 4.77. The van der Waals surface area contributed by atoms with E-state index in [2.05, 4.69) is 20.2 Å². The van der Waals surface area contributed by atoms with E-state index in [4.69, 9.17) is 39.1 Å². The van der Waals surface area contributed by atoms with Crippen LogP contribution in [0.15, 0.2) is 53.3 Å². The number of nitrogen functional groups attached to an aromatic ring is 1. The van der Waals surface area contributed by atoms with Gasteiger partial charge >= 0.3 is 0 Å². The number of aromatic nitrogens is 4. The Balaban J connectivity index is 1.97. The summed E-state index contributed by atoms with van der Waals surface area (Å²) < 4.78 is 5.39. The molecule has 0 spiro atoms. The maximum atomic E-state index is 6.37. The zero-order valence-electron chi connectivity index (χ0n) is 15.3. The molecule has 0 amide bonds. The predicted molar refractivity (Wildman–Crippen MR) is 113 cm³/mol. The molecule has 0 saturated carbocycles. The van der Waals surface area contributed by atoms with Gasteiger partial charge in [-0.15, -0.1) is 10.2 Å². The fourth-order valence-corrected chi connectivity index (χ4v) is 3.32. The number of hydrogen-bond acceptors (Lipinski definition) is 7. The molecule has 146 valence electrons. The Bertz CT molecular complexity index is 1180. The first-order valence-electron chi connectivity index (χ1n) is 8.70. The Morgan fingerprint density at radius 3 is 2.52 bits per heavy atom. The molecule has 0 aliphatic rings. The molecule has 0 aliphatic carbocycles. The zero-order valence-corrected chi connectivity index (χ0v) is 16.8. The van der Waals surface area contributed by atoms with Gasteiger partial charge in [-0.2, -0.15) is 0 Å². The van der Waals surface area contributed by atoms with Crippen molar-refractivity contribution in [2.75, 3.05) is 5.73 Å². The second-order valence-electron chi connectivity index (χ2n) is 6.41. The minimum atomic E-state index is -0.142. The van der Waals surface area contributed by atoms with Gasteiger partial charge in [0.15, 0.2) is 11.5 Å². The molecule has 9 heteroatoms. The summed E-state index contributed by atoms with van der Waals surface area (Å²) in [6.07, 6.45) is 1.22. The fraction of sp³-hybridized carbons (Fsp3) is 0.100. The van der Waals surface area contributed by atoms with E-state index in [9.17, 15) is 0 Å². The van der Waals surface area contributed by atoms with E-state index in [0.29, 0.717) is 32.7 Å². The maximum Gasteiger partial charge on any atom is 0.268 e. The monoisotopic (exact) mass is 426 g/mol. The summed E-state index contributed by atoms with van der Waals surface area (Å²) in [7, 11) is 0. The van der Waals surface area contributed by atoms with Crippen LogP contribution in [-0.2, 0) is 0 Å². The molecular formula is C20H16Cl2N6O. The molecule has 7 nitrogen and oxygen atoms in total. The molecule has 0 aliphatic heterocycles. The molecule has 4 aromatic rings. The Morgan fingerprint density at radius 1 is 1.00 bits per heavy atom. The largest absolute Gasteiger partial charge is 0.422 e. The van der Waals surface area contributed by atoms with E-state index in [1.807, 2.05) is 31.2 Å². The minimum Gasteiger partial charge on any atom is -0.422 e. The van der Waals surface area contributed by atoms with E-state index in [1.165, 1.54) is 6.39 Å². The topological polar surface area (TPSA) is 117 Å². The van der Waals surface area contributed by atoms with Crippen LogP contribution in [0.25, 0.3) is 34.1 Å². The van der Waals surface area contributed by atoms with E-state index in [0.717, 1.165) is 11.1 Å². The smallest absolute Gasteiger partial charge is 0.268 e. The van der Waals surface area contributed by atoms with Gasteiger partial charge in [0, 0.05) is 17.2 Å². The SMILES string of the molecule is CC(N)c1cccc(-c2nc(N)c(-c3cccc(Cl)c3Cl)nc2-c2nnco2)c1. The van der Waals surface area contributed by atoms with Crippen LogP contribution >= 0.6 is 23.2 Å². The maximum absolute atomic E-state index is 6.37. The molecule has 1 unspecified atom stereocenters. The zero-order chi connectivity index (χ0) is 20.5. The van der Waals surface area contributed by atoms with Crippen LogP contribution in [0, 0.1) is 0 Å². The van der Waals surface area contributed by atoms with Crippen molar-refractivity contribution in [3.05, 3.63) is 64.5 Å². The van der Waals surface area contributed by atoms with Crippen molar-refractivity contribution < 1.29 is 4.42 Å². The van der Waals surface area contributed by atoms with Crippen molar-refractivity contribution in [2.24, 2.45) is 5.73 Å². The highest BCUT2D eigenvalue weighted by atomic mass is 35.5. The van der Waals surface area contributed by atoms with Crippen LogP contribution < -0.4 is 11.5 Å². The van der Waals surface area contributed by atoms with Gasteiger partial charge in [-0.1, -0.05) is 53.5 Å². The van der Waals surface area contributed by atoms with E-state index >= 15 is 0 Å². The van der Waals surface area contributed by atoms with Crippen LogP contribution in [0.4, 0.5) is 5.82 Å². The molecule has 2 aromatic carbocycles. The highest BCUT2D eigenvalue weighted by Gasteiger charge is 2.21. The molecule has 1 atom stereocenters. The van der Waals surface area contributed by atoms with Crippen LogP contribution in [0.5, 0.6) is 0 Å². The highest BCUT2D eigenvalue weighted by Crippen LogP contribution is 2.38. The van der Waals surface area contributed by atoms with Gasteiger partial charge in [0.2, 0.25) is 6.39 Å². The average molecular weight is 427 g/mol. The van der Waals surface area contributed by atoms with Crippen LogP contribution in [0.1, 0.15) is 18.5 Å². The third-order valence-corrected chi connectivity index (χ3v) is 5.20. The third kappa shape index (κ3) is 3.67. The van der Waals surface area contributed by atoms with Crippen molar-refractivity contribution >= 4 is 29.0 Å². The van der Waals surface area contributed by atoms with Crippen molar-refractivity contribution in [1.82, 2.24) is 20.2 Å². The Morgan fingerprint density at radius 2 is 1.79 bits per heavy atom. The lowest BCUT2D eigenvalue weighted by Gasteiger charge is -2.13. The molecule has 0 fully saturated rings. The molecule has 0 bridgehead atoms. The standard InChI is InChI=1S/C20H16Cl2N6O/c1-10(23)11-4-2-5-12(8-11)16-18(20-28-25-9-29-20)26-17(19(24)27-16)13-6-3-7-14(21)15(13)22/h2-10H,23H2,1H3,(H2,24,27). The third-order valence-electron chi connectivity index (χ3n) is 4.38. The summed E-state index contributed by atoms with van der Waals surface area (Å²) in [6.45, 7) is 1.91. The number of anilines is 1. The second-order valence-corrected chi connectivity index (χ2v) is 7.20. The lowest BCUT2D eigenvalue weighted by Crippen LogP contribution is -2.06. The van der Waals surface area contributed by atoms with Gasteiger partial charge in [0.25, 0.3) is 5.89 Å². The Kier molecular flexibility index (Phi) is 5.19. The Hall–Kier alpha value is -3.00. The molecule has 4 N–H and O–H groups in total. The van der Waals surface area contributed by atoms with Crippen molar-refractivity contribution in [1.29, 1.82) is 0 Å². The number of hydrogen-bond donors (Lipinski definition) is 2. The van der Waals surface area contributed by atoms with Gasteiger partial charge in [0.1, 0.15) is 11.4 Å². The molecule has 29 heavy (non-hydrogen) atoms. The number of rotatable bonds is 4. The summed E-state index contributed by atoms with van der Waals surface area (Å²) in [4.78, 5) is 9.27. The number of nitrogens with two attached hydrogens (primary N) is 2. The minimum absolute atomic E-state index is 0.142. The molecule has 2 heterocycles. The van der Waals surface area contributed by atoms with Crippen LogP contribution in [0.3, 0.4) is 0 Å². The molecule has 2 aromatic heterocycles. The number of nitrogens with zero attached hydrogens (tertiary/aromatic N) is 4. The van der Waals surface area contributed by atoms with E-state index in [-0.39, 0.29) is 17.8 Å². The highest BCUT2D eigenvalue weighted by molar-refractivity contribution is 6.43. The fourth-order valence-electron chi connectivity index (χ4n) is 2.93. The first-order valence-corrected chi connectivity index (χ1v) is 9.45. The average Bonchev–Trinajstić information content (AvgIpc) is 3.25. The van der Waals surface area contributed by atoms with E-state index < -0.39 is 0 Å².